The zero-order valence-corrected chi connectivity index (χ0v) is 26.6. The van der Waals surface area contributed by atoms with E-state index in [2.05, 4.69) is 5.32 Å². The SMILES string of the molecule is CCOC(=O)C[C@H](NC[C@H]1O[C@@H]2OC(C)(C)O[C@@H]2[C@H]1OCc1ccccc1)[C@@H]1O[C@@H]2OC(C)(C)O[C@@H]2[C@H]1OCc1ccccc1. The average Bonchev–Trinajstić information content (AvgIpc) is 3.68. The second-order valence-corrected chi connectivity index (χ2v) is 12.8. The smallest absolute Gasteiger partial charge is 0.307 e. The Hall–Kier alpha value is -2.45. The number of carbonyl (C=O) groups is 1. The quantitative estimate of drug-likeness (QED) is 0.327. The van der Waals surface area contributed by atoms with Gasteiger partial charge in [0.1, 0.15) is 36.6 Å². The molecule has 0 saturated carbocycles. The van der Waals surface area contributed by atoms with Crippen LogP contribution in [0.2, 0.25) is 0 Å². The highest BCUT2D eigenvalue weighted by molar-refractivity contribution is 5.70. The summed E-state index contributed by atoms with van der Waals surface area (Å²) in [4.78, 5) is 12.9. The van der Waals surface area contributed by atoms with Crippen molar-refractivity contribution in [2.45, 2.75) is 121 Å². The van der Waals surface area contributed by atoms with Gasteiger partial charge in [-0.2, -0.15) is 0 Å². The summed E-state index contributed by atoms with van der Waals surface area (Å²) in [5.41, 5.74) is 2.05. The zero-order chi connectivity index (χ0) is 31.6. The van der Waals surface area contributed by atoms with Crippen LogP contribution in [-0.2, 0) is 60.6 Å². The van der Waals surface area contributed by atoms with Gasteiger partial charge >= 0.3 is 5.97 Å². The lowest BCUT2D eigenvalue weighted by atomic mass is 9.99. The topological polar surface area (TPSA) is 112 Å². The van der Waals surface area contributed by atoms with Gasteiger partial charge < -0.3 is 47.9 Å². The molecule has 2 aromatic carbocycles. The first kappa shape index (κ1) is 32.5. The van der Waals surface area contributed by atoms with Crippen LogP contribution in [0.4, 0.5) is 0 Å². The molecule has 45 heavy (non-hydrogen) atoms. The van der Waals surface area contributed by atoms with Crippen LogP contribution in [0.5, 0.6) is 0 Å². The molecule has 0 bridgehead atoms. The van der Waals surface area contributed by atoms with E-state index in [-0.39, 0.29) is 19.0 Å². The highest BCUT2D eigenvalue weighted by atomic mass is 16.9. The normalized spacial score (nSPS) is 33.5. The van der Waals surface area contributed by atoms with Crippen molar-refractivity contribution in [3.05, 3.63) is 71.8 Å². The fourth-order valence-corrected chi connectivity index (χ4v) is 6.44. The molecule has 0 aliphatic carbocycles. The standard InChI is InChI=1S/C34H45NO10/c1-6-37-25(36)17-23(26-28(39-20-22-15-11-8-12-16-22)30-32(41-26)45-34(4,5)43-30)35-18-24-27(38-19-21-13-9-7-10-14-21)29-31(40-24)44-33(2,3)42-29/h7-16,23-24,26-32,35H,6,17-20H2,1-5H3/t23-,24+,26-,27-,28-,29+,30+,31+,32+/m0/s1. The molecule has 4 heterocycles. The van der Waals surface area contributed by atoms with Crippen molar-refractivity contribution < 1.29 is 47.4 Å². The number of hydrogen-bond donors (Lipinski definition) is 1. The van der Waals surface area contributed by atoms with Gasteiger partial charge in [0.2, 0.25) is 0 Å². The van der Waals surface area contributed by atoms with Gasteiger partial charge in [0.25, 0.3) is 0 Å². The summed E-state index contributed by atoms with van der Waals surface area (Å²) in [6.07, 6.45) is -4.03. The fraction of sp³-hybridized carbons (Fsp3) is 0.618. The first-order chi connectivity index (χ1) is 21.6. The van der Waals surface area contributed by atoms with Crippen molar-refractivity contribution in [2.24, 2.45) is 0 Å². The third kappa shape index (κ3) is 7.75. The van der Waals surface area contributed by atoms with Crippen LogP contribution in [0.15, 0.2) is 60.7 Å². The van der Waals surface area contributed by atoms with E-state index in [1.807, 2.05) is 88.4 Å². The maximum absolute atomic E-state index is 12.9. The van der Waals surface area contributed by atoms with Gasteiger partial charge in [-0.05, 0) is 45.7 Å². The summed E-state index contributed by atoms with van der Waals surface area (Å²) in [7, 11) is 0. The molecule has 4 aliphatic rings. The van der Waals surface area contributed by atoms with Crippen molar-refractivity contribution in [2.75, 3.05) is 13.2 Å². The van der Waals surface area contributed by atoms with Crippen LogP contribution < -0.4 is 5.32 Å². The lowest BCUT2D eigenvalue weighted by Crippen LogP contribution is -2.52. The van der Waals surface area contributed by atoms with E-state index < -0.39 is 66.8 Å². The number of nitrogens with one attached hydrogen (secondary N) is 1. The second kappa shape index (κ2) is 13.7. The number of benzene rings is 2. The number of hydrogen-bond acceptors (Lipinski definition) is 11. The second-order valence-electron chi connectivity index (χ2n) is 12.8. The summed E-state index contributed by atoms with van der Waals surface area (Å²) >= 11 is 0. The van der Waals surface area contributed by atoms with Crippen molar-refractivity contribution >= 4 is 5.97 Å². The largest absolute Gasteiger partial charge is 0.466 e. The van der Waals surface area contributed by atoms with E-state index >= 15 is 0 Å². The van der Waals surface area contributed by atoms with E-state index in [0.717, 1.165) is 11.1 Å². The Bertz CT molecular complexity index is 1260. The highest BCUT2D eigenvalue weighted by Crippen LogP contribution is 2.41. The minimum atomic E-state index is -0.828. The Morgan fingerprint density at radius 2 is 1.31 bits per heavy atom. The average molecular weight is 628 g/mol. The first-order valence-electron chi connectivity index (χ1n) is 15.8. The molecular weight excluding hydrogens is 582 g/mol. The molecule has 4 fully saturated rings. The Kier molecular flexibility index (Phi) is 9.91. The van der Waals surface area contributed by atoms with E-state index in [9.17, 15) is 4.79 Å². The van der Waals surface area contributed by atoms with Crippen molar-refractivity contribution in [3.63, 3.8) is 0 Å². The third-order valence-electron chi connectivity index (χ3n) is 8.35. The molecule has 11 nitrogen and oxygen atoms in total. The van der Waals surface area contributed by atoms with Gasteiger partial charge in [0.15, 0.2) is 24.2 Å². The van der Waals surface area contributed by atoms with Crippen LogP contribution in [-0.4, -0.2) is 85.9 Å². The van der Waals surface area contributed by atoms with Gasteiger partial charge in [-0.3, -0.25) is 4.79 Å². The van der Waals surface area contributed by atoms with Gasteiger partial charge in [0, 0.05) is 12.6 Å². The zero-order valence-electron chi connectivity index (χ0n) is 26.6. The first-order valence-corrected chi connectivity index (χ1v) is 15.8. The van der Waals surface area contributed by atoms with Crippen LogP contribution in [0.1, 0.15) is 52.2 Å². The molecule has 4 saturated heterocycles. The Balaban J connectivity index is 1.19. The monoisotopic (exact) mass is 627 g/mol. The fourth-order valence-electron chi connectivity index (χ4n) is 6.44. The van der Waals surface area contributed by atoms with Crippen molar-refractivity contribution in [3.8, 4) is 0 Å². The molecule has 1 N–H and O–H groups in total. The van der Waals surface area contributed by atoms with Gasteiger partial charge in [-0.1, -0.05) is 60.7 Å². The summed E-state index contributed by atoms with van der Waals surface area (Å²) in [6.45, 7) is 10.5. The lowest BCUT2D eigenvalue weighted by molar-refractivity contribution is -0.225. The number of ether oxygens (including phenoxy) is 9. The van der Waals surface area contributed by atoms with Crippen molar-refractivity contribution in [1.82, 2.24) is 5.32 Å². The molecule has 0 radical (unpaired) electrons. The van der Waals surface area contributed by atoms with E-state index in [4.69, 9.17) is 42.6 Å². The third-order valence-corrected chi connectivity index (χ3v) is 8.35. The summed E-state index contributed by atoms with van der Waals surface area (Å²) in [5, 5.41) is 3.54. The predicted octanol–water partition coefficient (Wildman–Crippen LogP) is 3.82. The van der Waals surface area contributed by atoms with E-state index in [1.165, 1.54) is 0 Å². The summed E-state index contributed by atoms with van der Waals surface area (Å²) in [6, 6.07) is 19.3. The number of fused-ring (bicyclic) bond motifs is 2. The molecule has 2 aromatic rings. The Morgan fingerprint density at radius 1 is 0.778 bits per heavy atom. The number of rotatable bonds is 13. The molecular formula is C34H45NO10. The molecule has 246 valence electrons. The molecule has 0 spiro atoms. The minimum absolute atomic E-state index is 0.0433. The molecule has 0 amide bonds. The van der Waals surface area contributed by atoms with E-state index in [0.29, 0.717) is 19.8 Å². The van der Waals surface area contributed by atoms with Gasteiger partial charge in [-0.25, -0.2) is 0 Å². The summed E-state index contributed by atoms with van der Waals surface area (Å²) in [5.74, 6) is -1.97. The van der Waals surface area contributed by atoms with Crippen LogP contribution in [0, 0.1) is 0 Å². The van der Waals surface area contributed by atoms with Crippen LogP contribution >= 0.6 is 0 Å². The molecule has 4 aliphatic heterocycles. The molecule has 11 heteroatoms. The highest BCUT2D eigenvalue weighted by Gasteiger charge is 2.58. The molecule has 0 aromatic heterocycles. The van der Waals surface area contributed by atoms with Crippen LogP contribution in [0.25, 0.3) is 0 Å². The Labute approximate surface area is 264 Å². The lowest BCUT2D eigenvalue weighted by Gasteiger charge is -2.33. The maximum atomic E-state index is 12.9. The minimum Gasteiger partial charge on any atom is -0.466 e. The summed E-state index contributed by atoms with van der Waals surface area (Å²) < 4.78 is 55.6. The number of esters is 1. The Morgan fingerprint density at radius 3 is 1.89 bits per heavy atom. The van der Waals surface area contributed by atoms with Crippen LogP contribution in [0.3, 0.4) is 0 Å². The predicted molar refractivity (Wildman–Crippen MR) is 160 cm³/mol. The van der Waals surface area contributed by atoms with E-state index in [1.54, 1.807) is 6.92 Å². The molecule has 6 rings (SSSR count). The van der Waals surface area contributed by atoms with Crippen molar-refractivity contribution in [1.29, 1.82) is 0 Å². The molecule has 0 unspecified atom stereocenters. The van der Waals surface area contributed by atoms with Gasteiger partial charge in [-0.15, -0.1) is 0 Å². The maximum Gasteiger partial charge on any atom is 0.307 e. The number of carbonyl (C=O) groups excluding carboxylic acids is 1. The van der Waals surface area contributed by atoms with Gasteiger partial charge in [0.05, 0.1) is 26.2 Å². The molecule has 9 atom stereocenters.